The molecule has 26 heavy (non-hydrogen) atoms. The Morgan fingerprint density at radius 2 is 1.73 bits per heavy atom. The Hall–Kier alpha value is -3.48. The van der Waals surface area contributed by atoms with E-state index in [0.29, 0.717) is 24.2 Å². The molecule has 0 bridgehead atoms. The third kappa shape index (κ3) is 2.54. The normalized spacial score (nSPS) is 13.6. The highest BCUT2D eigenvalue weighted by molar-refractivity contribution is 6.09. The van der Waals surface area contributed by atoms with E-state index in [1.54, 1.807) is 4.90 Å². The van der Waals surface area contributed by atoms with Gasteiger partial charge < -0.3 is 10.6 Å². The molecule has 1 aliphatic rings. The first-order valence-electron chi connectivity index (χ1n) is 8.11. The summed E-state index contributed by atoms with van der Waals surface area (Å²) < 4.78 is 14.6. The molecule has 0 saturated carbocycles. The van der Waals surface area contributed by atoms with E-state index in [-0.39, 0.29) is 17.3 Å². The van der Waals surface area contributed by atoms with E-state index >= 15 is 0 Å². The predicted octanol–water partition coefficient (Wildman–Crippen LogP) is 2.31. The molecule has 1 aliphatic heterocycles. The van der Waals surface area contributed by atoms with Gasteiger partial charge >= 0.3 is 0 Å². The molecule has 2 aromatic carbocycles. The maximum Gasteiger partial charge on any atom is 0.277 e. The van der Waals surface area contributed by atoms with E-state index in [1.807, 2.05) is 30.3 Å². The highest BCUT2D eigenvalue weighted by Gasteiger charge is 2.34. The summed E-state index contributed by atoms with van der Waals surface area (Å²) in [6.07, 6.45) is 0.454. The first-order valence-corrected chi connectivity index (χ1v) is 8.11. The summed E-state index contributed by atoms with van der Waals surface area (Å²) in [6, 6.07) is 14.8. The van der Waals surface area contributed by atoms with Gasteiger partial charge in [-0.15, -0.1) is 0 Å². The number of nitrogens with zero attached hydrogens (tertiary/aromatic N) is 3. The van der Waals surface area contributed by atoms with Crippen molar-refractivity contribution in [1.82, 2.24) is 9.78 Å². The molecule has 0 saturated heterocycles. The van der Waals surface area contributed by atoms with Crippen molar-refractivity contribution < 1.29 is 14.0 Å². The minimum absolute atomic E-state index is 0.0744. The number of carbonyl (C=O) groups is 2. The fourth-order valence-corrected chi connectivity index (χ4v) is 3.18. The Kier molecular flexibility index (Phi) is 3.76. The van der Waals surface area contributed by atoms with Gasteiger partial charge in [-0.25, -0.2) is 9.07 Å². The van der Waals surface area contributed by atoms with Crippen molar-refractivity contribution >= 4 is 17.5 Å². The van der Waals surface area contributed by atoms with Gasteiger partial charge in [-0.1, -0.05) is 18.2 Å². The number of hydrogen-bond acceptors (Lipinski definition) is 3. The first-order chi connectivity index (χ1) is 12.6. The largest absolute Gasteiger partial charge is 0.364 e. The zero-order chi connectivity index (χ0) is 18.3. The van der Waals surface area contributed by atoms with Gasteiger partial charge in [-0.3, -0.25) is 9.59 Å². The quantitative estimate of drug-likeness (QED) is 0.787. The second-order valence-corrected chi connectivity index (χ2v) is 5.97. The molecule has 0 spiro atoms. The Morgan fingerprint density at radius 3 is 2.38 bits per heavy atom. The highest BCUT2D eigenvalue weighted by Crippen LogP contribution is 2.28. The summed E-state index contributed by atoms with van der Waals surface area (Å²) >= 11 is 0. The molecule has 130 valence electrons. The molecule has 0 radical (unpaired) electrons. The minimum Gasteiger partial charge on any atom is -0.364 e. The average molecular weight is 350 g/mol. The van der Waals surface area contributed by atoms with Crippen molar-refractivity contribution in [3.8, 4) is 5.69 Å². The Bertz CT molecular complexity index is 996. The number of benzene rings is 2. The highest BCUT2D eigenvalue weighted by atomic mass is 19.1. The predicted molar refractivity (Wildman–Crippen MR) is 93.9 cm³/mol. The van der Waals surface area contributed by atoms with Crippen LogP contribution >= 0.6 is 0 Å². The van der Waals surface area contributed by atoms with Crippen LogP contribution in [0.4, 0.5) is 10.1 Å². The van der Waals surface area contributed by atoms with Gasteiger partial charge in [0.15, 0.2) is 5.69 Å². The van der Waals surface area contributed by atoms with Crippen molar-refractivity contribution in [1.29, 1.82) is 0 Å². The number of para-hydroxylation sites is 1. The SMILES string of the molecule is NC(=O)c1nn(-c2ccc(F)cc2)c2c1CCN(c1ccccc1)C2=O. The number of amides is 2. The summed E-state index contributed by atoms with van der Waals surface area (Å²) in [4.78, 5) is 26.6. The standard InChI is InChI=1S/C19H15FN4O2/c20-12-6-8-14(9-7-12)24-17-15(16(22-24)18(21)25)10-11-23(19(17)26)13-4-2-1-3-5-13/h1-9H,10-11H2,(H2,21,25). The number of carbonyl (C=O) groups excluding carboxylic acids is 2. The number of primary amides is 1. The summed E-state index contributed by atoms with van der Waals surface area (Å²) in [5.74, 6) is -1.37. The second kappa shape index (κ2) is 6.11. The van der Waals surface area contributed by atoms with Crippen LogP contribution in [0.15, 0.2) is 54.6 Å². The molecule has 0 atom stereocenters. The number of halogens is 1. The second-order valence-electron chi connectivity index (χ2n) is 5.97. The zero-order valence-electron chi connectivity index (χ0n) is 13.7. The molecule has 2 N–H and O–H groups in total. The van der Waals surface area contributed by atoms with Crippen LogP contribution < -0.4 is 10.6 Å². The molecule has 0 unspecified atom stereocenters. The topological polar surface area (TPSA) is 81.2 Å². The number of aromatic nitrogens is 2. The van der Waals surface area contributed by atoms with Gasteiger partial charge in [-0.2, -0.15) is 5.10 Å². The zero-order valence-corrected chi connectivity index (χ0v) is 13.7. The summed E-state index contributed by atoms with van der Waals surface area (Å²) in [5, 5.41) is 4.24. The maximum atomic E-state index is 13.3. The Labute approximate surface area is 148 Å². The van der Waals surface area contributed by atoms with Crippen molar-refractivity contribution in [3.63, 3.8) is 0 Å². The first kappa shape index (κ1) is 16.0. The van der Waals surface area contributed by atoms with E-state index in [1.165, 1.54) is 28.9 Å². The van der Waals surface area contributed by atoms with Gasteiger partial charge in [0.25, 0.3) is 11.8 Å². The van der Waals surface area contributed by atoms with Crippen molar-refractivity contribution in [2.75, 3.05) is 11.4 Å². The average Bonchev–Trinajstić information content (AvgIpc) is 3.04. The van der Waals surface area contributed by atoms with Crippen LogP contribution in [-0.2, 0) is 6.42 Å². The van der Waals surface area contributed by atoms with Crippen LogP contribution in [-0.4, -0.2) is 28.1 Å². The number of nitrogens with two attached hydrogens (primary N) is 1. The number of rotatable bonds is 3. The van der Waals surface area contributed by atoms with Crippen molar-refractivity contribution in [3.05, 3.63) is 77.4 Å². The molecule has 7 heteroatoms. The van der Waals surface area contributed by atoms with Crippen molar-refractivity contribution in [2.45, 2.75) is 6.42 Å². The number of anilines is 1. The van der Waals surface area contributed by atoms with E-state index in [2.05, 4.69) is 5.10 Å². The van der Waals surface area contributed by atoms with Crippen LogP contribution in [0.5, 0.6) is 0 Å². The molecule has 3 aromatic rings. The number of fused-ring (bicyclic) bond motifs is 1. The summed E-state index contributed by atoms with van der Waals surface area (Å²) in [7, 11) is 0. The fourth-order valence-electron chi connectivity index (χ4n) is 3.18. The van der Waals surface area contributed by atoms with E-state index in [9.17, 15) is 14.0 Å². The lowest BCUT2D eigenvalue weighted by Crippen LogP contribution is -2.39. The minimum atomic E-state index is -0.692. The third-order valence-electron chi connectivity index (χ3n) is 4.39. The van der Waals surface area contributed by atoms with Crippen LogP contribution in [0.3, 0.4) is 0 Å². The Balaban J connectivity index is 1.87. The maximum absolute atomic E-state index is 13.3. The number of hydrogen-bond donors (Lipinski definition) is 1. The lowest BCUT2D eigenvalue weighted by molar-refractivity contribution is 0.0972. The third-order valence-corrected chi connectivity index (χ3v) is 4.39. The van der Waals surface area contributed by atoms with Gasteiger partial charge in [0.2, 0.25) is 0 Å². The molecule has 1 aromatic heterocycles. The smallest absolute Gasteiger partial charge is 0.277 e. The van der Waals surface area contributed by atoms with Crippen LogP contribution in [0.25, 0.3) is 5.69 Å². The lowest BCUT2D eigenvalue weighted by atomic mass is 10.0. The summed E-state index contributed by atoms with van der Waals surface area (Å²) in [6.45, 7) is 0.422. The van der Waals surface area contributed by atoms with Gasteiger partial charge in [0, 0.05) is 17.8 Å². The van der Waals surface area contributed by atoms with Crippen LogP contribution in [0.1, 0.15) is 26.5 Å². The molecule has 4 rings (SSSR count). The van der Waals surface area contributed by atoms with E-state index in [4.69, 9.17) is 5.73 Å². The Morgan fingerprint density at radius 1 is 1.04 bits per heavy atom. The van der Waals surface area contributed by atoms with Gasteiger partial charge in [-0.05, 0) is 42.8 Å². The summed E-state index contributed by atoms with van der Waals surface area (Å²) in [5.41, 5.74) is 7.57. The molecule has 2 heterocycles. The molecular weight excluding hydrogens is 335 g/mol. The van der Waals surface area contributed by atoms with E-state index in [0.717, 1.165) is 5.69 Å². The monoisotopic (exact) mass is 350 g/mol. The van der Waals surface area contributed by atoms with Gasteiger partial charge in [0.05, 0.1) is 5.69 Å². The molecule has 6 nitrogen and oxygen atoms in total. The molecule has 0 fully saturated rings. The lowest BCUT2D eigenvalue weighted by Gasteiger charge is -2.27. The van der Waals surface area contributed by atoms with Gasteiger partial charge in [0.1, 0.15) is 11.5 Å². The van der Waals surface area contributed by atoms with Crippen LogP contribution in [0, 0.1) is 5.82 Å². The molecule has 2 amide bonds. The molecular formula is C19H15FN4O2. The van der Waals surface area contributed by atoms with Crippen LogP contribution in [0.2, 0.25) is 0 Å². The van der Waals surface area contributed by atoms with E-state index < -0.39 is 11.7 Å². The van der Waals surface area contributed by atoms with Crippen molar-refractivity contribution in [2.24, 2.45) is 5.73 Å². The molecule has 0 aliphatic carbocycles. The fraction of sp³-hybridized carbons (Fsp3) is 0.105.